The second-order valence-electron chi connectivity index (χ2n) is 11.0. The van der Waals surface area contributed by atoms with E-state index in [1.165, 1.54) is 0 Å². The number of carbonyl (C=O) groups is 1. The van der Waals surface area contributed by atoms with Crippen molar-refractivity contribution >= 4 is 45.6 Å². The minimum absolute atomic E-state index is 0.100. The molecule has 9 nitrogen and oxygen atoms in total. The van der Waals surface area contributed by atoms with Gasteiger partial charge in [-0.3, -0.25) is 9.36 Å². The van der Waals surface area contributed by atoms with Crippen molar-refractivity contribution in [2.75, 3.05) is 18.5 Å². The zero-order chi connectivity index (χ0) is 30.7. The third-order valence-electron chi connectivity index (χ3n) is 8.02. The lowest BCUT2D eigenvalue weighted by Crippen LogP contribution is -2.45. The molecule has 2 saturated heterocycles. The number of aryl methyl sites for hydroxylation is 1. The fourth-order valence-corrected chi connectivity index (χ4v) is 6.59. The van der Waals surface area contributed by atoms with Crippen LogP contribution in [0.1, 0.15) is 36.0 Å². The van der Waals surface area contributed by atoms with Gasteiger partial charge < -0.3 is 20.1 Å². The Morgan fingerprint density at radius 3 is 2.67 bits per heavy atom. The molecule has 0 bridgehead atoms. The van der Waals surface area contributed by atoms with Crippen LogP contribution >= 0.6 is 22.9 Å². The molecule has 0 radical (unpaired) electrons. The summed E-state index contributed by atoms with van der Waals surface area (Å²) < 4.78 is 47.5. The first-order chi connectivity index (χ1) is 20.3. The third-order valence-corrected chi connectivity index (χ3v) is 9.51. The molecule has 4 heterocycles. The second-order valence-corrected chi connectivity index (χ2v) is 12.4. The second kappa shape index (κ2) is 10.8. The predicted octanol–water partition coefficient (Wildman–Crippen LogP) is 5.70. The molecule has 0 unspecified atom stereocenters. The maximum atomic E-state index is 13.8. The summed E-state index contributed by atoms with van der Waals surface area (Å²) in [4.78, 5) is 36.0. The highest BCUT2D eigenvalue weighted by molar-refractivity contribution is 7.15. The normalized spacial score (nSPS) is 20.2. The van der Waals surface area contributed by atoms with E-state index in [4.69, 9.17) is 16.3 Å². The molecule has 2 aromatic heterocycles. The van der Waals surface area contributed by atoms with Crippen LogP contribution in [0.4, 0.5) is 23.7 Å². The van der Waals surface area contributed by atoms with Gasteiger partial charge in [-0.05, 0) is 56.5 Å². The number of ether oxygens (including phenoxy) is 1. The molecule has 2 aliphatic rings. The van der Waals surface area contributed by atoms with Crippen LogP contribution in [0.5, 0.6) is 0 Å². The molecule has 6 rings (SSSR count). The summed E-state index contributed by atoms with van der Waals surface area (Å²) in [6, 6.07) is 10.2. The number of alkyl halides is 3. The van der Waals surface area contributed by atoms with E-state index in [0.29, 0.717) is 59.3 Å². The van der Waals surface area contributed by atoms with Crippen molar-refractivity contribution in [3.63, 3.8) is 0 Å². The first kappa shape index (κ1) is 29.4. The largest absolute Gasteiger partial charge is 0.447 e. The molecule has 2 N–H and O–H groups in total. The van der Waals surface area contributed by atoms with Crippen molar-refractivity contribution in [1.82, 2.24) is 19.4 Å². The van der Waals surface area contributed by atoms with Crippen molar-refractivity contribution in [3.8, 4) is 10.6 Å². The van der Waals surface area contributed by atoms with Gasteiger partial charge in [-0.1, -0.05) is 23.7 Å². The molecule has 0 spiro atoms. The number of nitrogens with one attached hydrogen (secondary N) is 1. The van der Waals surface area contributed by atoms with E-state index in [2.05, 4.69) is 15.3 Å². The number of thiazole rings is 1. The van der Waals surface area contributed by atoms with Crippen molar-refractivity contribution < 1.29 is 27.8 Å². The Morgan fingerprint density at radius 2 is 1.95 bits per heavy atom. The van der Waals surface area contributed by atoms with Crippen molar-refractivity contribution in [2.24, 2.45) is 0 Å². The molecule has 2 aromatic carbocycles. The number of aromatic nitrogens is 3. The van der Waals surface area contributed by atoms with E-state index in [9.17, 15) is 27.9 Å². The summed E-state index contributed by atoms with van der Waals surface area (Å²) in [6.07, 6.45) is -3.04. The number of rotatable bonds is 6. The zero-order valence-electron chi connectivity index (χ0n) is 23.1. The van der Waals surface area contributed by atoms with Crippen LogP contribution in [0.2, 0.25) is 5.02 Å². The van der Waals surface area contributed by atoms with Gasteiger partial charge in [0, 0.05) is 35.1 Å². The van der Waals surface area contributed by atoms with E-state index in [1.807, 2.05) is 12.1 Å². The van der Waals surface area contributed by atoms with Gasteiger partial charge in [-0.25, -0.2) is 14.8 Å². The molecule has 43 heavy (non-hydrogen) atoms. The summed E-state index contributed by atoms with van der Waals surface area (Å²) in [5, 5.41) is 14.8. The minimum Gasteiger partial charge on any atom is -0.447 e. The van der Waals surface area contributed by atoms with Gasteiger partial charge in [0.2, 0.25) is 0 Å². The van der Waals surface area contributed by atoms with Crippen LogP contribution in [0.25, 0.3) is 21.5 Å². The molecular weight excluding hydrogens is 607 g/mol. The summed E-state index contributed by atoms with van der Waals surface area (Å²) in [7, 11) is 0. The van der Waals surface area contributed by atoms with Crippen LogP contribution in [-0.4, -0.2) is 62.0 Å². The molecule has 14 heteroatoms. The van der Waals surface area contributed by atoms with Crippen LogP contribution in [-0.2, 0) is 16.9 Å². The van der Waals surface area contributed by atoms with Crippen LogP contribution in [0.3, 0.4) is 0 Å². The fourth-order valence-electron chi connectivity index (χ4n) is 5.45. The lowest BCUT2D eigenvalue weighted by atomic mass is 9.97. The molecule has 0 aliphatic carbocycles. The van der Waals surface area contributed by atoms with Gasteiger partial charge in [-0.2, -0.15) is 13.2 Å². The first-order valence-corrected chi connectivity index (χ1v) is 14.8. The Kier molecular flexibility index (Phi) is 7.38. The van der Waals surface area contributed by atoms with E-state index in [-0.39, 0.29) is 46.8 Å². The van der Waals surface area contributed by atoms with Crippen molar-refractivity contribution in [1.29, 1.82) is 0 Å². The molecule has 3 atom stereocenters. The molecule has 226 valence electrons. The Morgan fingerprint density at radius 1 is 1.21 bits per heavy atom. The standard InChI is InChI=1S/C29H27ClF3N5O4S/c1-15-35-23-10-20(25-34-12-24(43-25)28(2,41)29(31,32)33)22(36-18-7-8-37-19(9-18)14-42-27(37)40)11-21(23)26(39)38(15)13-16-3-5-17(30)6-4-16/h3-6,10-12,18-19,36,41H,7-9,13-14H2,1-2H3/t18-,19-,28-/m0/s1. The molecule has 4 aromatic rings. The Balaban J connectivity index is 1.43. The van der Waals surface area contributed by atoms with E-state index in [1.54, 1.807) is 40.7 Å². The molecular formula is C29H27ClF3N5O4S. The number of amides is 1. The highest BCUT2D eigenvalue weighted by atomic mass is 35.5. The highest BCUT2D eigenvalue weighted by Gasteiger charge is 2.52. The minimum atomic E-state index is -4.90. The Labute approximate surface area is 252 Å². The summed E-state index contributed by atoms with van der Waals surface area (Å²) in [6.45, 7) is 3.43. The predicted molar refractivity (Wildman–Crippen MR) is 157 cm³/mol. The first-order valence-electron chi connectivity index (χ1n) is 13.6. The SMILES string of the molecule is Cc1nc2cc(-c3ncc([C@](C)(O)C(F)(F)F)s3)c(N[C@H]3CCN4C(=O)OC[C@@H]4C3)cc2c(=O)n1Cc1ccc(Cl)cc1. The van der Waals surface area contributed by atoms with Gasteiger partial charge in [0.15, 0.2) is 5.60 Å². The number of hydrogen-bond acceptors (Lipinski definition) is 8. The zero-order valence-corrected chi connectivity index (χ0v) is 24.7. The van der Waals surface area contributed by atoms with Crippen LogP contribution in [0.15, 0.2) is 47.4 Å². The molecule has 2 aliphatic heterocycles. The van der Waals surface area contributed by atoms with Crippen molar-refractivity contribution in [2.45, 2.75) is 57.1 Å². The molecule has 1 amide bonds. The van der Waals surface area contributed by atoms with Gasteiger partial charge in [-0.15, -0.1) is 11.3 Å². The number of anilines is 1. The monoisotopic (exact) mass is 633 g/mol. The average molecular weight is 634 g/mol. The number of nitrogens with zero attached hydrogens (tertiary/aromatic N) is 4. The summed E-state index contributed by atoms with van der Waals surface area (Å²) >= 11 is 6.73. The average Bonchev–Trinajstić information content (AvgIpc) is 3.59. The number of benzene rings is 2. The van der Waals surface area contributed by atoms with E-state index in [0.717, 1.165) is 23.1 Å². The van der Waals surface area contributed by atoms with Gasteiger partial charge >= 0.3 is 12.3 Å². The lowest BCUT2D eigenvalue weighted by Gasteiger charge is -2.33. The topological polar surface area (TPSA) is 110 Å². The van der Waals surface area contributed by atoms with Crippen LogP contribution in [0, 0.1) is 6.92 Å². The number of cyclic esters (lactones) is 1. The Bertz CT molecular complexity index is 1770. The summed E-state index contributed by atoms with van der Waals surface area (Å²) in [5.41, 5.74) is -1.21. The number of aliphatic hydroxyl groups is 1. The molecule has 0 saturated carbocycles. The highest BCUT2D eigenvalue weighted by Crippen LogP contribution is 2.44. The van der Waals surface area contributed by atoms with Gasteiger partial charge in [0.25, 0.3) is 5.56 Å². The van der Waals surface area contributed by atoms with E-state index >= 15 is 0 Å². The smallest absolute Gasteiger partial charge is 0.422 e. The summed E-state index contributed by atoms with van der Waals surface area (Å²) in [5.74, 6) is 0.456. The van der Waals surface area contributed by atoms with Crippen LogP contribution < -0.4 is 10.9 Å². The third kappa shape index (κ3) is 5.45. The Hall–Kier alpha value is -3.68. The number of hydrogen-bond donors (Lipinski definition) is 2. The number of fused-ring (bicyclic) bond motifs is 2. The quantitative estimate of drug-likeness (QED) is 0.281. The fraction of sp³-hybridized carbons (Fsp3) is 0.379. The lowest BCUT2D eigenvalue weighted by molar-refractivity contribution is -0.257. The number of piperidine rings is 1. The number of halogens is 4. The maximum Gasteiger partial charge on any atom is 0.422 e. The van der Waals surface area contributed by atoms with Gasteiger partial charge in [0.1, 0.15) is 17.4 Å². The van der Waals surface area contributed by atoms with Gasteiger partial charge in [0.05, 0.1) is 28.4 Å². The van der Waals surface area contributed by atoms with Crippen molar-refractivity contribution in [3.05, 3.63) is 74.2 Å². The van der Waals surface area contributed by atoms with E-state index < -0.39 is 11.8 Å². The number of carbonyl (C=O) groups excluding carboxylic acids is 1. The maximum absolute atomic E-state index is 13.8. The molecule has 2 fully saturated rings.